The highest BCUT2D eigenvalue weighted by Gasteiger charge is 2.18. The average Bonchev–Trinajstić information content (AvgIpc) is 2.27. The van der Waals surface area contributed by atoms with Gasteiger partial charge in [-0.25, -0.2) is 0 Å². The number of aryl methyl sites for hydroxylation is 2. The molecule has 1 nitrogen and oxygen atoms in total. The van der Waals surface area contributed by atoms with Gasteiger partial charge in [0.2, 0.25) is 0 Å². The number of hydrogen-bond acceptors (Lipinski definition) is 1. The van der Waals surface area contributed by atoms with Crippen molar-refractivity contribution in [3.8, 4) is 0 Å². The highest BCUT2D eigenvalue weighted by molar-refractivity contribution is 5.34. The number of rotatable bonds is 3. The van der Waals surface area contributed by atoms with Gasteiger partial charge < -0.3 is 4.90 Å². The van der Waals surface area contributed by atoms with Gasteiger partial charge in [0.05, 0.1) is 0 Å². The molecule has 1 aliphatic carbocycles. The molecule has 0 spiro atoms. The summed E-state index contributed by atoms with van der Waals surface area (Å²) in [4.78, 5) is 2.32. The number of hydrogen-bond donors (Lipinski definition) is 0. The van der Waals surface area contributed by atoms with E-state index >= 15 is 0 Å². The van der Waals surface area contributed by atoms with Gasteiger partial charge in [-0.05, 0) is 62.4 Å². The molecule has 0 saturated carbocycles. The molecule has 1 heteroatoms. The van der Waals surface area contributed by atoms with Crippen LogP contribution >= 0.6 is 0 Å². The first-order valence-corrected chi connectivity index (χ1v) is 6.44. The first-order valence-electron chi connectivity index (χ1n) is 6.44. The second kappa shape index (κ2) is 5.01. The fourth-order valence-corrected chi connectivity index (χ4v) is 2.78. The first-order chi connectivity index (χ1) is 7.69. The Hall–Kier alpha value is -0.820. The number of nitrogens with zero attached hydrogens (tertiary/aromatic N) is 1. The van der Waals surface area contributed by atoms with E-state index in [4.69, 9.17) is 0 Å². The van der Waals surface area contributed by atoms with Crippen LogP contribution in [0.25, 0.3) is 0 Å². The van der Waals surface area contributed by atoms with E-state index in [-0.39, 0.29) is 0 Å². The fourth-order valence-electron chi connectivity index (χ4n) is 2.78. The molecular formula is C15H23N. The smallest absolute Gasteiger partial charge is 0.000685 e. The molecule has 16 heavy (non-hydrogen) atoms. The molecule has 0 amide bonds. The normalized spacial score (nSPS) is 19.9. The van der Waals surface area contributed by atoms with Crippen molar-refractivity contribution in [2.75, 3.05) is 20.6 Å². The van der Waals surface area contributed by atoms with E-state index in [2.05, 4.69) is 44.1 Å². The van der Waals surface area contributed by atoms with Crippen molar-refractivity contribution in [1.29, 1.82) is 0 Å². The maximum Gasteiger partial charge on any atom is 0.000685 e. The van der Waals surface area contributed by atoms with Crippen molar-refractivity contribution in [2.45, 2.75) is 32.6 Å². The van der Waals surface area contributed by atoms with E-state index in [1.165, 1.54) is 31.4 Å². The van der Waals surface area contributed by atoms with Crippen LogP contribution in [0.15, 0.2) is 18.2 Å². The molecule has 2 rings (SSSR count). The molecule has 1 atom stereocenters. The molecule has 0 heterocycles. The Labute approximate surface area is 99.5 Å². The zero-order valence-corrected chi connectivity index (χ0v) is 10.8. The van der Waals surface area contributed by atoms with Gasteiger partial charge in [0.15, 0.2) is 0 Å². The maximum absolute atomic E-state index is 2.42. The summed E-state index contributed by atoms with van der Waals surface area (Å²) in [7, 11) is 4.35. The minimum Gasteiger partial charge on any atom is -0.309 e. The summed E-state index contributed by atoms with van der Waals surface area (Å²) in [5.74, 6) is 0.856. The predicted molar refractivity (Wildman–Crippen MR) is 69.9 cm³/mol. The minimum absolute atomic E-state index is 0.856. The summed E-state index contributed by atoms with van der Waals surface area (Å²) < 4.78 is 0. The van der Waals surface area contributed by atoms with Crippen molar-refractivity contribution >= 4 is 0 Å². The molecule has 0 bridgehead atoms. The Morgan fingerprint density at radius 3 is 2.75 bits per heavy atom. The van der Waals surface area contributed by atoms with Crippen LogP contribution in [0.4, 0.5) is 0 Å². The highest BCUT2D eigenvalue weighted by atomic mass is 15.1. The molecule has 0 aromatic heterocycles. The molecule has 0 aliphatic heterocycles. The van der Waals surface area contributed by atoms with Crippen LogP contribution in [0, 0.1) is 5.92 Å². The van der Waals surface area contributed by atoms with Crippen LogP contribution in [0.5, 0.6) is 0 Å². The van der Waals surface area contributed by atoms with Gasteiger partial charge in [-0.3, -0.25) is 0 Å². The summed E-state index contributed by atoms with van der Waals surface area (Å²) in [6, 6.07) is 7.08. The molecule has 1 aromatic carbocycles. The van der Waals surface area contributed by atoms with Crippen LogP contribution in [0.3, 0.4) is 0 Å². The average molecular weight is 217 g/mol. The molecule has 88 valence electrons. The molecule has 0 fully saturated rings. The zero-order chi connectivity index (χ0) is 11.5. The Kier molecular flexibility index (Phi) is 3.65. The van der Waals surface area contributed by atoms with E-state index in [0.717, 1.165) is 12.3 Å². The fraction of sp³-hybridized carbons (Fsp3) is 0.600. The molecule has 0 N–H and O–H groups in total. The van der Waals surface area contributed by atoms with E-state index < -0.39 is 0 Å². The number of fused-ring (bicyclic) bond motifs is 1. The van der Waals surface area contributed by atoms with Gasteiger partial charge in [-0.1, -0.05) is 25.1 Å². The van der Waals surface area contributed by atoms with Gasteiger partial charge in [0, 0.05) is 6.54 Å². The molecule has 0 radical (unpaired) electrons. The van der Waals surface area contributed by atoms with E-state index in [9.17, 15) is 0 Å². The van der Waals surface area contributed by atoms with Gasteiger partial charge in [-0.2, -0.15) is 0 Å². The summed E-state index contributed by atoms with van der Waals surface area (Å²) >= 11 is 0. The predicted octanol–water partition coefficient (Wildman–Crippen LogP) is 2.92. The van der Waals surface area contributed by atoms with Crippen LogP contribution in [-0.4, -0.2) is 25.5 Å². The van der Waals surface area contributed by atoms with Gasteiger partial charge in [0.25, 0.3) is 0 Å². The van der Waals surface area contributed by atoms with Crippen LogP contribution in [-0.2, 0) is 19.3 Å². The summed E-state index contributed by atoms with van der Waals surface area (Å²) in [5, 5.41) is 0. The Morgan fingerprint density at radius 1 is 1.25 bits per heavy atom. The first kappa shape index (κ1) is 11.7. The molecule has 1 aliphatic rings. The van der Waals surface area contributed by atoms with Crippen molar-refractivity contribution in [1.82, 2.24) is 4.90 Å². The highest BCUT2D eigenvalue weighted by Crippen LogP contribution is 2.26. The standard InChI is InChI=1S/C15H23N/c1-4-12-5-7-15-10-13(11-16(2)3)6-8-14(15)9-12/h5,7,9,13H,4,6,8,10-11H2,1-3H3. The van der Waals surface area contributed by atoms with Crippen LogP contribution < -0.4 is 0 Å². The third-order valence-electron chi connectivity index (χ3n) is 3.63. The van der Waals surface area contributed by atoms with Crippen LogP contribution in [0.1, 0.15) is 30.0 Å². The van der Waals surface area contributed by atoms with Gasteiger partial charge >= 0.3 is 0 Å². The van der Waals surface area contributed by atoms with Crippen LogP contribution in [0.2, 0.25) is 0 Å². The second-order valence-electron chi connectivity index (χ2n) is 5.33. The van der Waals surface area contributed by atoms with Crippen molar-refractivity contribution in [3.05, 3.63) is 34.9 Å². The van der Waals surface area contributed by atoms with Crippen molar-refractivity contribution in [3.63, 3.8) is 0 Å². The Bertz CT molecular complexity index is 354. The van der Waals surface area contributed by atoms with Gasteiger partial charge in [-0.15, -0.1) is 0 Å². The quantitative estimate of drug-likeness (QED) is 0.752. The Balaban J connectivity index is 2.09. The summed E-state index contributed by atoms with van der Waals surface area (Å²) in [6.07, 6.45) is 5.08. The summed E-state index contributed by atoms with van der Waals surface area (Å²) in [5.41, 5.74) is 4.69. The van der Waals surface area contributed by atoms with Crippen molar-refractivity contribution in [2.24, 2.45) is 5.92 Å². The second-order valence-corrected chi connectivity index (χ2v) is 5.33. The lowest BCUT2D eigenvalue weighted by atomic mass is 9.83. The van der Waals surface area contributed by atoms with E-state index in [1.54, 1.807) is 11.1 Å². The molecule has 1 aromatic rings. The third-order valence-corrected chi connectivity index (χ3v) is 3.63. The van der Waals surface area contributed by atoms with E-state index in [1.807, 2.05) is 0 Å². The molecule has 1 unspecified atom stereocenters. The molecule has 0 saturated heterocycles. The summed E-state index contributed by atoms with van der Waals surface area (Å²) in [6.45, 7) is 3.47. The molecular weight excluding hydrogens is 194 g/mol. The SMILES string of the molecule is CCc1ccc2c(c1)CCC(CN(C)C)C2. The minimum atomic E-state index is 0.856. The lowest BCUT2D eigenvalue weighted by Crippen LogP contribution is -2.26. The number of benzene rings is 1. The largest absolute Gasteiger partial charge is 0.309 e. The maximum atomic E-state index is 2.42. The Morgan fingerprint density at radius 2 is 2.06 bits per heavy atom. The topological polar surface area (TPSA) is 3.24 Å². The zero-order valence-electron chi connectivity index (χ0n) is 10.8. The van der Waals surface area contributed by atoms with E-state index in [0.29, 0.717) is 0 Å². The third kappa shape index (κ3) is 2.65. The van der Waals surface area contributed by atoms with Gasteiger partial charge in [0.1, 0.15) is 0 Å². The monoisotopic (exact) mass is 217 g/mol. The lowest BCUT2D eigenvalue weighted by Gasteiger charge is -2.27. The lowest BCUT2D eigenvalue weighted by molar-refractivity contribution is 0.302. The van der Waals surface area contributed by atoms with Crippen molar-refractivity contribution < 1.29 is 0 Å².